The molecule has 20 heavy (non-hydrogen) atoms. The number of nitrogens with one attached hydrogen (secondary N) is 1. The summed E-state index contributed by atoms with van der Waals surface area (Å²) in [5.74, 6) is 1.32. The molecule has 0 saturated carbocycles. The SMILES string of the molecule is CNC(CS(=O)CC1CCCO1)c1cc(C)cc(C)c1. The summed E-state index contributed by atoms with van der Waals surface area (Å²) < 4.78 is 17.9. The minimum atomic E-state index is -0.841. The lowest BCUT2D eigenvalue weighted by molar-refractivity contribution is 0.128. The van der Waals surface area contributed by atoms with Crippen LogP contribution in [0, 0.1) is 13.8 Å². The van der Waals surface area contributed by atoms with E-state index >= 15 is 0 Å². The Hall–Kier alpha value is -0.710. The number of hydrogen-bond donors (Lipinski definition) is 1. The van der Waals surface area contributed by atoms with Crippen LogP contribution in [-0.2, 0) is 15.5 Å². The molecule has 1 aliphatic rings. The Balaban J connectivity index is 1.98. The molecule has 1 fully saturated rings. The monoisotopic (exact) mass is 295 g/mol. The molecule has 1 aromatic rings. The van der Waals surface area contributed by atoms with Crippen LogP contribution in [0.5, 0.6) is 0 Å². The Morgan fingerprint density at radius 1 is 1.35 bits per heavy atom. The fourth-order valence-electron chi connectivity index (χ4n) is 2.79. The van der Waals surface area contributed by atoms with Gasteiger partial charge in [0, 0.05) is 35.0 Å². The first-order valence-corrected chi connectivity index (χ1v) is 8.79. The first-order valence-electron chi connectivity index (χ1n) is 7.30. The highest BCUT2D eigenvalue weighted by Crippen LogP contribution is 2.19. The number of hydrogen-bond acceptors (Lipinski definition) is 3. The van der Waals surface area contributed by atoms with E-state index in [0.29, 0.717) is 11.5 Å². The van der Waals surface area contributed by atoms with Crippen molar-refractivity contribution in [2.75, 3.05) is 25.2 Å². The van der Waals surface area contributed by atoms with E-state index in [-0.39, 0.29) is 12.1 Å². The summed E-state index contributed by atoms with van der Waals surface area (Å²) in [4.78, 5) is 0. The smallest absolute Gasteiger partial charge is 0.0691 e. The Morgan fingerprint density at radius 2 is 2.05 bits per heavy atom. The zero-order valence-electron chi connectivity index (χ0n) is 12.6. The van der Waals surface area contributed by atoms with Gasteiger partial charge in [-0.2, -0.15) is 0 Å². The van der Waals surface area contributed by atoms with Crippen molar-refractivity contribution in [1.29, 1.82) is 0 Å². The molecular weight excluding hydrogens is 270 g/mol. The molecule has 0 amide bonds. The third-order valence-corrected chi connectivity index (χ3v) is 5.19. The van der Waals surface area contributed by atoms with Gasteiger partial charge in [-0.1, -0.05) is 29.3 Å². The first-order chi connectivity index (χ1) is 9.58. The van der Waals surface area contributed by atoms with Crippen molar-refractivity contribution in [2.24, 2.45) is 0 Å². The third-order valence-electron chi connectivity index (χ3n) is 3.74. The van der Waals surface area contributed by atoms with Crippen molar-refractivity contribution in [3.63, 3.8) is 0 Å². The van der Waals surface area contributed by atoms with Gasteiger partial charge in [-0.15, -0.1) is 0 Å². The van der Waals surface area contributed by atoms with Gasteiger partial charge in [0.2, 0.25) is 0 Å². The Bertz CT molecular complexity index is 449. The van der Waals surface area contributed by atoms with Crippen LogP contribution in [-0.4, -0.2) is 35.5 Å². The minimum absolute atomic E-state index is 0.149. The molecule has 0 aromatic heterocycles. The maximum absolute atomic E-state index is 12.3. The standard InChI is InChI=1S/C16H25NO2S/c1-12-7-13(2)9-14(8-12)16(17-3)11-20(18)10-15-5-4-6-19-15/h7-9,15-17H,4-6,10-11H2,1-3H3. The van der Waals surface area contributed by atoms with Crippen LogP contribution in [0.2, 0.25) is 0 Å². The van der Waals surface area contributed by atoms with Crippen molar-refractivity contribution in [1.82, 2.24) is 5.32 Å². The maximum Gasteiger partial charge on any atom is 0.0691 e. The van der Waals surface area contributed by atoms with Gasteiger partial charge in [-0.3, -0.25) is 4.21 Å². The second kappa shape index (κ2) is 7.34. The lowest BCUT2D eigenvalue weighted by atomic mass is 10.0. The van der Waals surface area contributed by atoms with Crippen molar-refractivity contribution >= 4 is 10.8 Å². The predicted molar refractivity (Wildman–Crippen MR) is 84.6 cm³/mol. The lowest BCUT2D eigenvalue weighted by Gasteiger charge is -2.18. The number of benzene rings is 1. The van der Waals surface area contributed by atoms with E-state index < -0.39 is 10.8 Å². The van der Waals surface area contributed by atoms with Crippen molar-refractivity contribution < 1.29 is 8.95 Å². The molecule has 1 saturated heterocycles. The minimum Gasteiger partial charge on any atom is -0.377 e. The van der Waals surface area contributed by atoms with Crippen LogP contribution >= 0.6 is 0 Å². The van der Waals surface area contributed by atoms with Crippen molar-refractivity contribution in [3.8, 4) is 0 Å². The molecule has 1 aromatic carbocycles. The highest BCUT2D eigenvalue weighted by Gasteiger charge is 2.21. The number of rotatable bonds is 6. The van der Waals surface area contributed by atoms with E-state index in [9.17, 15) is 4.21 Å². The van der Waals surface area contributed by atoms with Gasteiger partial charge in [0.05, 0.1) is 6.10 Å². The average molecular weight is 295 g/mol. The van der Waals surface area contributed by atoms with Crippen LogP contribution in [0.4, 0.5) is 0 Å². The molecule has 0 bridgehead atoms. The first kappa shape index (κ1) is 15.7. The quantitative estimate of drug-likeness (QED) is 0.876. The molecule has 0 spiro atoms. The Labute approximate surface area is 124 Å². The molecule has 2 rings (SSSR count). The zero-order chi connectivity index (χ0) is 14.5. The van der Waals surface area contributed by atoms with Gasteiger partial charge in [0.25, 0.3) is 0 Å². The molecule has 3 atom stereocenters. The number of ether oxygens (including phenoxy) is 1. The highest BCUT2D eigenvalue weighted by atomic mass is 32.2. The fraction of sp³-hybridized carbons (Fsp3) is 0.625. The lowest BCUT2D eigenvalue weighted by Crippen LogP contribution is -2.26. The summed E-state index contributed by atoms with van der Waals surface area (Å²) in [5, 5.41) is 3.29. The predicted octanol–water partition coefficient (Wildman–Crippen LogP) is 2.49. The molecule has 1 heterocycles. The third kappa shape index (κ3) is 4.40. The maximum atomic E-state index is 12.3. The van der Waals surface area contributed by atoms with E-state index in [1.165, 1.54) is 16.7 Å². The second-order valence-electron chi connectivity index (χ2n) is 5.67. The molecule has 3 nitrogen and oxygen atoms in total. The van der Waals surface area contributed by atoms with Gasteiger partial charge >= 0.3 is 0 Å². The van der Waals surface area contributed by atoms with Crippen LogP contribution < -0.4 is 5.32 Å². The molecule has 4 heteroatoms. The Morgan fingerprint density at radius 3 is 2.60 bits per heavy atom. The largest absolute Gasteiger partial charge is 0.377 e. The topological polar surface area (TPSA) is 38.3 Å². The van der Waals surface area contributed by atoms with Gasteiger partial charge in [0.1, 0.15) is 0 Å². The highest BCUT2D eigenvalue weighted by molar-refractivity contribution is 7.85. The molecule has 1 aliphatic heterocycles. The molecule has 0 aliphatic carbocycles. The summed E-state index contributed by atoms with van der Waals surface area (Å²) >= 11 is 0. The summed E-state index contributed by atoms with van der Waals surface area (Å²) in [5.41, 5.74) is 3.74. The van der Waals surface area contributed by atoms with E-state index in [4.69, 9.17) is 4.74 Å². The van der Waals surface area contributed by atoms with Crippen LogP contribution in [0.15, 0.2) is 18.2 Å². The van der Waals surface area contributed by atoms with Gasteiger partial charge in [-0.25, -0.2) is 0 Å². The normalized spacial score (nSPS) is 21.9. The van der Waals surface area contributed by atoms with Crippen LogP contribution in [0.25, 0.3) is 0 Å². The second-order valence-corrected chi connectivity index (χ2v) is 7.22. The summed E-state index contributed by atoms with van der Waals surface area (Å²) in [7, 11) is 1.10. The summed E-state index contributed by atoms with van der Waals surface area (Å²) in [6.45, 7) is 5.04. The van der Waals surface area contributed by atoms with Gasteiger partial charge in [-0.05, 0) is 39.3 Å². The van der Waals surface area contributed by atoms with E-state index in [1.54, 1.807) is 0 Å². The van der Waals surface area contributed by atoms with Crippen LogP contribution in [0.1, 0.15) is 35.6 Å². The fourth-order valence-corrected chi connectivity index (χ4v) is 4.34. The summed E-state index contributed by atoms with van der Waals surface area (Å²) in [6.07, 6.45) is 2.36. The molecular formula is C16H25NO2S. The molecule has 3 unspecified atom stereocenters. The average Bonchev–Trinajstić information content (AvgIpc) is 2.87. The Kier molecular flexibility index (Phi) is 5.75. The van der Waals surface area contributed by atoms with Crippen molar-refractivity contribution in [2.45, 2.75) is 38.8 Å². The summed E-state index contributed by atoms with van der Waals surface area (Å²) in [6, 6.07) is 6.67. The van der Waals surface area contributed by atoms with Gasteiger partial charge < -0.3 is 10.1 Å². The van der Waals surface area contributed by atoms with Gasteiger partial charge in [0.15, 0.2) is 0 Å². The molecule has 1 N–H and O–H groups in total. The van der Waals surface area contributed by atoms with E-state index in [1.807, 2.05) is 7.05 Å². The molecule has 0 radical (unpaired) electrons. The zero-order valence-corrected chi connectivity index (χ0v) is 13.5. The molecule has 112 valence electrons. The van der Waals surface area contributed by atoms with E-state index in [2.05, 4.69) is 37.4 Å². The van der Waals surface area contributed by atoms with Crippen molar-refractivity contribution in [3.05, 3.63) is 34.9 Å². The van der Waals surface area contributed by atoms with Crippen LogP contribution in [0.3, 0.4) is 0 Å². The van der Waals surface area contributed by atoms with E-state index in [0.717, 1.165) is 19.4 Å². The number of aryl methyl sites for hydroxylation is 2.